The second kappa shape index (κ2) is 27.2. The van der Waals surface area contributed by atoms with Crippen LogP contribution in [0.3, 0.4) is 0 Å². The molecular weight excluding hydrogens is 584 g/mol. The number of unbranched alkanes of at least 4 members (excludes halogenated alkanes) is 1. The van der Waals surface area contributed by atoms with Gasteiger partial charge >= 0.3 is 5.97 Å². The predicted molar refractivity (Wildman–Crippen MR) is 197 cm³/mol. The topological polar surface area (TPSA) is 95.5 Å². The maximum atomic E-state index is 12.8. The van der Waals surface area contributed by atoms with Crippen LogP contribution < -0.4 is 10.6 Å². The molecule has 1 aromatic rings. The summed E-state index contributed by atoms with van der Waals surface area (Å²) >= 11 is 0. The lowest BCUT2D eigenvalue weighted by Crippen LogP contribution is -2.42. The molecule has 2 atom stereocenters. The molecule has 6 nitrogen and oxygen atoms in total. The van der Waals surface area contributed by atoms with E-state index in [1.165, 1.54) is 5.56 Å². The zero-order valence-electron chi connectivity index (χ0n) is 29.3. The monoisotopic (exact) mass is 644 g/mol. The number of carbonyl (C=O) groups is 3. The van der Waals surface area contributed by atoms with Crippen molar-refractivity contribution in [2.24, 2.45) is 5.92 Å². The second-order valence-corrected chi connectivity index (χ2v) is 12.3. The molecule has 47 heavy (non-hydrogen) atoms. The number of carboxylic acids is 1. The molecule has 0 heterocycles. The fourth-order valence-electron chi connectivity index (χ4n) is 4.76. The molecule has 1 aromatic carbocycles. The van der Waals surface area contributed by atoms with E-state index in [-0.39, 0.29) is 11.8 Å². The number of allylic oxidation sites excluding steroid dienone is 12. The molecular formula is C41H60N2O4. The Balaban J connectivity index is 2.15. The minimum absolute atomic E-state index is 0.0131. The summed E-state index contributed by atoms with van der Waals surface area (Å²) < 4.78 is 0. The molecule has 0 aliphatic heterocycles. The lowest BCUT2D eigenvalue weighted by atomic mass is 9.96. The molecule has 0 fully saturated rings. The molecule has 0 spiro atoms. The summed E-state index contributed by atoms with van der Waals surface area (Å²) in [4.78, 5) is 36.6. The highest BCUT2D eigenvalue weighted by molar-refractivity contribution is 5.87. The van der Waals surface area contributed by atoms with E-state index in [0.29, 0.717) is 44.6 Å². The van der Waals surface area contributed by atoms with Gasteiger partial charge in [-0.25, -0.2) is 4.79 Å². The summed E-state index contributed by atoms with van der Waals surface area (Å²) in [6, 6.07) is 7.01. The van der Waals surface area contributed by atoms with Crippen LogP contribution in [0.15, 0.2) is 97.2 Å². The van der Waals surface area contributed by atoms with Gasteiger partial charge < -0.3 is 15.7 Å². The summed E-state index contributed by atoms with van der Waals surface area (Å²) in [5, 5.41) is 15.2. The Morgan fingerprint density at radius 3 is 1.72 bits per heavy atom. The second-order valence-electron chi connectivity index (χ2n) is 12.3. The normalized spacial score (nSPS) is 13.6. The highest BCUT2D eigenvalue weighted by Crippen LogP contribution is 2.18. The molecule has 0 saturated carbocycles. The number of amides is 2. The van der Waals surface area contributed by atoms with Crippen LogP contribution in [0.2, 0.25) is 0 Å². The van der Waals surface area contributed by atoms with Crippen molar-refractivity contribution in [3.63, 3.8) is 0 Å². The smallest absolute Gasteiger partial charge is 0.326 e. The molecule has 258 valence electrons. The Bertz CT molecular complexity index is 1190. The van der Waals surface area contributed by atoms with E-state index in [4.69, 9.17) is 0 Å². The molecule has 0 saturated heterocycles. The first-order chi connectivity index (χ1) is 22.7. The largest absolute Gasteiger partial charge is 0.480 e. The van der Waals surface area contributed by atoms with E-state index in [2.05, 4.69) is 98.2 Å². The van der Waals surface area contributed by atoms with Gasteiger partial charge in [0.25, 0.3) is 0 Å². The third-order valence-electron chi connectivity index (χ3n) is 7.51. The summed E-state index contributed by atoms with van der Waals surface area (Å²) in [5.41, 5.74) is 2.09. The Hall–Kier alpha value is -3.93. The van der Waals surface area contributed by atoms with Crippen LogP contribution in [0, 0.1) is 5.92 Å². The van der Waals surface area contributed by atoms with Crippen molar-refractivity contribution in [1.29, 1.82) is 0 Å². The van der Waals surface area contributed by atoms with Crippen molar-refractivity contribution in [2.45, 2.75) is 117 Å². The predicted octanol–water partition coefficient (Wildman–Crippen LogP) is 9.32. The van der Waals surface area contributed by atoms with Crippen molar-refractivity contribution in [3.05, 3.63) is 108 Å². The number of carboxylic acid groups (broad SMARTS) is 1. The van der Waals surface area contributed by atoms with Crippen LogP contribution in [-0.2, 0) is 20.8 Å². The van der Waals surface area contributed by atoms with Gasteiger partial charge in [0.1, 0.15) is 6.04 Å². The zero-order chi connectivity index (χ0) is 34.5. The van der Waals surface area contributed by atoms with Gasteiger partial charge in [0, 0.05) is 13.0 Å². The first-order valence-electron chi connectivity index (χ1n) is 17.5. The average molecular weight is 645 g/mol. The first kappa shape index (κ1) is 41.1. The van der Waals surface area contributed by atoms with E-state index in [1.54, 1.807) is 6.92 Å². The Morgan fingerprint density at radius 1 is 0.723 bits per heavy atom. The Kier molecular flexibility index (Phi) is 23.8. The lowest BCUT2D eigenvalue weighted by molar-refractivity contribution is -0.142. The van der Waals surface area contributed by atoms with Gasteiger partial charge in [-0.2, -0.15) is 0 Å². The minimum atomic E-state index is -1.04. The minimum Gasteiger partial charge on any atom is -0.480 e. The summed E-state index contributed by atoms with van der Waals surface area (Å²) in [5.74, 6) is -1.24. The van der Waals surface area contributed by atoms with E-state index in [0.717, 1.165) is 50.5 Å². The number of carbonyl (C=O) groups excluding carboxylic acids is 2. The maximum Gasteiger partial charge on any atom is 0.326 e. The Morgan fingerprint density at radius 2 is 1.23 bits per heavy atom. The fraction of sp³-hybridized carbons (Fsp3) is 0.488. The van der Waals surface area contributed by atoms with E-state index < -0.39 is 17.9 Å². The van der Waals surface area contributed by atoms with Crippen LogP contribution >= 0.6 is 0 Å². The average Bonchev–Trinajstić information content (AvgIpc) is 3.04. The number of benzene rings is 1. The van der Waals surface area contributed by atoms with E-state index >= 15 is 0 Å². The van der Waals surface area contributed by atoms with Gasteiger partial charge in [-0.05, 0) is 94.6 Å². The van der Waals surface area contributed by atoms with E-state index in [1.807, 2.05) is 30.3 Å². The highest BCUT2D eigenvalue weighted by Gasteiger charge is 2.23. The highest BCUT2D eigenvalue weighted by atomic mass is 16.4. The molecule has 0 radical (unpaired) electrons. The molecule has 3 N–H and O–H groups in total. The number of aliphatic carboxylic acids is 1. The van der Waals surface area contributed by atoms with Crippen LogP contribution in [0.4, 0.5) is 0 Å². The lowest BCUT2D eigenvalue weighted by Gasteiger charge is -2.18. The fourth-order valence-corrected chi connectivity index (χ4v) is 4.76. The number of hydrogen-bond acceptors (Lipinski definition) is 3. The van der Waals surface area contributed by atoms with Crippen molar-refractivity contribution < 1.29 is 19.5 Å². The van der Waals surface area contributed by atoms with Gasteiger partial charge in [0.2, 0.25) is 11.8 Å². The van der Waals surface area contributed by atoms with E-state index in [9.17, 15) is 19.5 Å². The third-order valence-corrected chi connectivity index (χ3v) is 7.51. The standard InChI is InChI=1S/C41H60N2O4/c1-5-6-7-8-9-10-11-12-13-14-15-16-17-18-19-20-21-22-23-27-39(44)42-32-25-24-26-38(41(46)47)43-40(45)35(4)37-30-28-36(29-31-37)33-34(2)3/h6-7,9-10,12-13,15-16,18-19,21-22,28-31,34-35,38H,5,8,11,14,17,20,23-27,32-33H2,1-4H3,(H,42,44)(H,43,45)(H,46,47)/b7-6-,10-9-,13-12-,16-15-,19-18-,22-21-. The Labute approximate surface area is 284 Å². The van der Waals surface area contributed by atoms with Crippen molar-refractivity contribution >= 4 is 17.8 Å². The molecule has 2 amide bonds. The van der Waals surface area contributed by atoms with Gasteiger partial charge in [-0.15, -0.1) is 0 Å². The van der Waals surface area contributed by atoms with Gasteiger partial charge in [0.05, 0.1) is 5.92 Å². The molecule has 1 rings (SSSR count). The van der Waals surface area contributed by atoms with Crippen molar-refractivity contribution in [2.75, 3.05) is 6.54 Å². The third kappa shape index (κ3) is 22.3. The van der Waals surface area contributed by atoms with Gasteiger partial charge in [0.15, 0.2) is 0 Å². The summed E-state index contributed by atoms with van der Waals surface area (Å²) in [6.07, 6.45) is 35.4. The first-order valence-corrected chi connectivity index (χ1v) is 17.5. The molecule has 0 bridgehead atoms. The van der Waals surface area contributed by atoms with Crippen LogP contribution in [0.5, 0.6) is 0 Å². The number of nitrogens with one attached hydrogen (secondary N) is 2. The molecule has 2 unspecified atom stereocenters. The number of rotatable bonds is 25. The van der Waals surface area contributed by atoms with Crippen molar-refractivity contribution in [3.8, 4) is 0 Å². The SMILES string of the molecule is CC/C=C\C/C=C\C/C=C\C/C=C\C/C=C\C/C=C\CCC(=O)NCCCCC(NC(=O)C(C)c1ccc(CC(C)C)cc1)C(=O)O. The van der Waals surface area contributed by atoms with Crippen LogP contribution in [0.1, 0.15) is 115 Å². The molecule has 0 aliphatic carbocycles. The quantitative estimate of drug-likeness (QED) is 0.0730. The van der Waals surface area contributed by atoms with Gasteiger partial charge in [-0.1, -0.05) is 118 Å². The number of hydrogen-bond donors (Lipinski definition) is 3. The van der Waals surface area contributed by atoms with Crippen LogP contribution in [0.25, 0.3) is 0 Å². The maximum absolute atomic E-state index is 12.8. The van der Waals surface area contributed by atoms with Crippen molar-refractivity contribution in [1.82, 2.24) is 10.6 Å². The molecule has 6 heteroatoms. The summed E-state index contributed by atoms with van der Waals surface area (Å²) in [6.45, 7) is 8.76. The molecule has 0 aromatic heterocycles. The van der Waals surface area contributed by atoms with Crippen LogP contribution in [-0.4, -0.2) is 35.5 Å². The summed E-state index contributed by atoms with van der Waals surface area (Å²) in [7, 11) is 0. The zero-order valence-corrected chi connectivity index (χ0v) is 29.3. The van der Waals surface area contributed by atoms with Gasteiger partial charge in [-0.3, -0.25) is 9.59 Å². The molecule has 0 aliphatic rings.